The quantitative estimate of drug-likeness (QED) is 0.661. The summed E-state index contributed by atoms with van der Waals surface area (Å²) in [4.78, 5) is 13.6. The zero-order chi connectivity index (χ0) is 23.1. The summed E-state index contributed by atoms with van der Waals surface area (Å²) in [6.45, 7) is 2.95. The van der Waals surface area contributed by atoms with Gasteiger partial charge in [0.05, 0.1) is 17.3 Å². The molecule has 0 saturated carbocycles. The Bertz CT molecular complexity index is 983. The Morgan fingerprint density at radius 3 is 2.34 bits per heavy atom. The number of piperidine rings is 1. The van der Waals surface area contributed by atoms with Crippen LogP contribution < -0.4 is 5.32 Å². The van der Waals surface area contributed by atoms with Gasteiger partial charge < -0.3 is 15.5 Å². The third-order valence-corrected chi connectivity index (χ3v) is 6.77. The predicted octanol–water partition coefficient (Wildman–Crippen LogP) is 4.00. The second kappa shape index (κ2) is 8.50. The van der Waals surface area contributed by atoms with Crippen LogP contribution in [0.4, 0.5) is 18.9 Å². The number of amides is 1. The van der Waals surface area contributed by atoms with Crippen molar-refractivity contribution in [3.8, 4) is 0 Å². The summed E-state index contributed by atoms with van der Waals surface area (Å²) in [5.41, 5.74) is 1.12. The number of likely N-dealkylation sites (tertiary alicyclic amines) is 1. The number of halogens is 3. The van der Waals surface area contributed by atoms with Crippen molar-refractivity contribution in [3.63, 3.8) is 0 Å². The van der Waals surface area contributed by atoms with Crippen LogP contribution in [0.2, 0.25) is 0 Å². The minimum absolute atomic E-state index is 0.00647. The maximum atomic E-state index is 12.8. The van der Waals surface area contributed by atoms with Crippen molar-refractivity contribution in [1.82, 2.24) is 4.90 Å². The lowest BCUT2D eigenvalue weighted by Gasteiger charge is -2.42. The fourth-order valence-corrected chi connectivity index (χ4v) is 4.62. The molecular weight excluding hydrogens is 421 g/mol. The fraction of sp³-hybridized carbons (Fsp3) is 0.458. The number of rotatable bonds is 4. The monoisotopic (exact) mass is 448 g/mol. The maximum absolute atomic E-state index is 12.8. The smallest absolute Gasteiger partial charge is 0.387 e. The zero-order valence-electron chi connectivity index (χ0n) is 17.8. The highest BCUT2D eigenvalue weighted by Crippen LogP contribution is 2.37. The van der Waals surface area contributed by atoms with Crippen LogP contribution >= 0.6 is 0 Å². The van der Waals surface area contributed by atoms with Gasteiger partial charge >= 0.3 is 6.18 Å². The SMILES string of the molecule is C[C@H]([C@H](O)c1ccc2c(c1)CCC(=O)N2)N1CCC(O)(c2ccc(C(F)(F)F)cc2)CC1. The van der Waals surface area contributed by atoms with Crippen molar-refractivity contribution in [1.29, 1.82) is 0 Å². The van der Waals surface area contributed by atoms with Gasteiger partial charge in [0.15, 0.2) is 0 Å². The molecular formula is C24H27F3N2O3. The minimum atomic E-state index is -4.40. The van der Waals surface area contributed by atoms with Crippen molar-refractivity contribution in [2.45, 2.75) is 56.5 Å². The molecule has 0 spiro atoms. The van der Waals surface area contributed by atoms with E-state index < -0.39 is 23.4 Å². The van der Waals surface area contributed by atoms with Gasteiger partial charge in [0, 0.05) is 31.2 Å². The second-order valence-corrected chi connectivity index (χ2v) is 8.79. The molecule has 2 aromatic rings. The standard InChI is InChI=1S/C24H27F3N2O3/c1-15(22(31)17-2-8-20-16(14-17)3-9-21(30)28-20)29-12-10-23(32,11-13-29)18-4-6-19(7-5-18)24(25,26)27/h2,4-8,14-15,22,31-32H,3,9-13H2,1H3,(H,28,30)/t15-,22+/m1/s1. The van der Waals surface area contributed by atoms with E-state index in [0.717, 1.165) is 28.9 Å². The van der Waals surface area contributed by atoms with Gasteiger partial charge in [-0.3, -0.25) is 9.69 Å². The lowest BCUT2D eigenvalue weighted by molar-refractivity contribution is -0.137. The average molecular weight is 448 g/mol. The van der Waals surface area contributed by atoms with Crippen molar-refractivity contribution in [2.75, 3.05) is 18.4 Å². The van der Waals surface area contributed by atoms with Crippen LogP contribution in [0.3, 0.4) is 0 Å². The summed E-state index contributed by atoms with van der Waals surface area (Å²) in [5, 5.41) is 24.8. The first kappa shape index (κ1) is 22.8. The van der Waals surface area contributed by atoms with Gasteiger partial charge in [-0.05, 0) is 61.1 Å². The molecule has 2 atom stereocenters. The van der Waals surface area contributed by atoms with Crippen molar-refractivity contribution >= 4 is 11.6 Å². The molecule has 5 nitrogen and oxygen atoms in total. The first-order valence-electron chi connectivity index (χ1n) is 10.8. The van der Waals surface area contributed by atoms with Gasteiger partial charge in [-0.2, -0.15) is 13.2 Å². The largest absolute Gasteiger partial charge is 0.416 e. The number of nitrogens with one attached hydrogen (secondary N) is 1. The molecule has 0 aromatic heterocycles. The Kier molecular flexibility index (Phi) is 6.04. The molecule has 8 heteroatoms. The number of carbonyl (C=O) groups is 1. The number of benzene rings is 2. The topological polar surface area (TPSA) is 72.8 Å². The molecule has 1 amide bonds. The van der Waals surface area contributed by atoms with Crippen LogP contribution in [0.25, 0.3) is 0 Å². The molecule has 0 bridgehead atoms. The number of aliphatic hydroxyl groups is 2. The lowest BCUT2D eigenvalue weighted by atomic mass is 9.83. The molecule has 1 fully saturated rings. The molecule has 0 radical (unpaired) electrons. The van der Waals surface area contributed by atoms with Crippen LogP contribution in [0, 0.1) is 0 Å². The molecule has 1 saturated heterocycles. The Morgan fingerprint density at radius 2 is 1.72 bits per heavy atom. The van der Waals surface area contributed by atoms with E-state index in [4.69, 9.17) is 0 Å². The molecule has 2 aromatic carbocycles. The number of hydrogen-bond donors (Lipinski definition) is 3. The Morgan fingerprint density at radius 1 is 1.06 bits per heavy atom. The number of nitrogens with zero attached hydrogens (tertiary/aromatic N) is 1. The molecule has 0 unspecified atom stereocenters. The number of hydrogen-bond acceptors (Lipinski definition) is 4. The number of carbonyl (C=O) groups excluding carboxylic acids is 1. The van der Waals surface area contributed by atoms with Gasteiger partial charge in [-0.25, -0.2) is 0 Å². The summed E-state index contributed by atoms with van der Waals surface area (Å²) in [6.07, 6.45) is -3.35. The second-order valence-electron chi connectivity index (χ2n) is 8.79. The molecule has 32 heavy (non-hydrogen) atoms. The third-order valence-electron chi connectivity index (χ3n) is 6.77. The number of alkyl halides is 3. The summed E-state index contributed by atoms with van der Waals surface area (Å²) in [5.74, 6) is -0.00647. The van der Waals surface area contributed by atoms with Crippen molar-refractivity contribution < 1.29 is 28.2 Å². The summed E-state index contributed by atoms with van der Waals surface area (Å²) in [6, 6.07) is 10.1. The highest BCUT2D eigenvalue weighted by molar-refractivity contribution is 5.93. The Hall–Kier alpha value is -2.42. The predicted molar refractivity (Wildman–Crippen MR) is 114 cm³/mol. The van der Waals surface area contributed by atoms with Crippen LogP contribution in [-0.2, 0) is 23.0 Å². The summed E-state index contributed by atoms with van der Waals surface area (Å²) < 4.78 is 38.4. The third kappa shape index (κ3) is 4.53. The van der Waals surface area contributed by atoms with E-state index in [1.54, 1.807) is 0 Å². The molecule has 4 rings (SSSR count). The fourth-order valence-electron chi connectivity index (χ4n) is 4.62. The van der Waals surface area contributed by atoms with Crippen LogP contribution in [0.1, 0.15) is 54.5 Å². The number of aliphatic hydroxyl groups excluding tert-OH is 1. The van der Waals surface area contributed by atoms with Gasteiger partial charge in [0.25, 0.3) is 0 Å². The van der Waals surface area contributed by atoms with Crippen LogP contribution in [-0.4, -0.2) is 40.2 Å². The van der Waals surface area contributed by atoms with Gasteiger partial charge in [0.2, 0.25) is 5.91 Å². The number of anilines is 1. The van der Waals surface area contributed by atoms with E-state index >= 15 is 0 Å². The zero-order valence-corrected chi connectivity index (χ0v) is 17.8. The molecule has 172 valence electrons. The average Bonchev–Trinajstić information content (AvgIpc) is 2.78. The Balaban J connectivity index is 1.41. The lowest BCUT2D eigenvalue weighted by Crippen LogP contribution is -2.47. The summed E-state index contributed by atoms with van der Waals surface area (Å²) >= 11 is 0. The van der Waals surface area contributed by atoms with E-state index in [1.165, 1.54) is 12.1 Å². The van der Waals surface area contributed by atoms with E-state index in [2.05, 4.69) is 10.2 Å². The summed E-state index contributed by atoms with van der Waals surface area (Å²) in [7, 11) is 0. The van der Waals surface area contributed by atoms with Crippen molar-refractivity contribution in [2.24, 2.45) is 0 Å². The van der Waals surface area contributed by atoms with Gasteiger partial charge in [-0.1, -0.05) is 24.3 Å². The Labute approximate surface area is 184 Å². The van der Waals surface area contributed by atoms with E-state index in [-0.39, 0.29) is 11.9 Å². The molecule has 3 N–H and O–H groups in total. The molecule has 2 aliphatic heterocycles. The first-order chi connectivity index (χ1) is 15.1. The molecule has 2 aliphatic rings. The minimum Gasteiger partial charge on any atom is -0.387 e. The van der Waals surface area contributed by atoms with Crippen LogP contribution in [0.5, 0.6) is 0 Å². The van der Waals surface area contributed by atoms with E-state index in [9.17, 15) is 28.2 Å². The number of aryl methyl sites for hydroxylation is 1. The van der Waals surface area contributed by atoms with Crippen LogP contribution in [0.15, 0.2) is 42.5 Å². The highest BCUT2D eigenvalue weighted by Gasteiger charge is 2.38. The van der Waals surface area contributed by atoms with Gasteiger partial charge in [0.1, 0.15) is 0 Å². The van der Waals surface area contributed by atoms with Gasteiger partial charge in [-0.15, -0.1) is 0 Å². The molecule has 2 heterocycles. The maximum Gasteiger partial charge on any atom is 0.416 e. The van der Waals surface area contributed by atoms with E-state index in [0.29, 0.717) is 44.3 Å². The highest BCUT2D eigenvalue weighted by atomic mass is 19.4. The molecule has 0 aliphatic carbocycles. The van der Waals surface area contributed by atoms with Crippen molar-refractivity contribution in [3.05, 3.63) is 64.7 Å². The number of fused-ring (bicyclic) bond motifs is 1. The normalized spacial score (nSPS) is 20.9. The van der Waals surface area contributed by atoms with E-state index in [1.807, 2.05) is 25.1 Å². The first-order valence-corrected chi connectivity index (χ1v) is 10.8.